The standard InChI is InChI=1S/C15H11FN2OS/c16-12-7-9(5-6-13(12)17)18-15(19)11-8-20-14-4-2-1-3-10(11)14/h1-8H,17H2,(H,18,19). The van der Waals surface area contributed by atoms with E-state index >= 15 is 0 Å². The van der Waals surface area contributed by atoms with Gasteiger partial charge in [-0.1, -0.05) is 18.2 Å². The Bertz CT molecular complexity index is 797. The van der Waals surface area contributed by atoms with Gasteiger partial charge >= 0.3 is 0 Å². The van der Waals surface area contributed by atoms with Crippen LogP contribution in [0.4, 0.5) is 15.8 Å². The number of anilines is 2. The number of nitrogen functional groups attached to an aromatic ring is 1. The fourth-order valence-corrected chi connectivity index (χ4v) is 2.90. The molecule has 0 aliphatic carbocycles. The number of rotatable bonds is 2. The zero-order chi connectivity index (χ0) is 14.1. The minimum absolute atomic E-state index is 0.0592. The number of benzene rings is 2. The Kier molecular flexibility index (Phi) is 3.12. The first-order chi connectivity index (χ1) is 9.65. The third kappa shape index (κ3) is 2.23. The molecule has 0 saturated heterocycles. The van der Waals surface area contributed by atoms with Crippen molar-refractivity contribution in [3.63, 3.8) is 0 Å². The molecule has 0 atom stereocenters. The van der Waals surface area contributed by atoms with Crippen molar-refractivity contribution in [2.45, 2.75) is 0 Å². The molecule has 3 N–H and O–H groups in total. The quantitative estimate of drug-likeness (QED) is 0.702. The molecule has 0 unspecified atom stereocenters. The molecule has 2 aromatic carbocycles. The van der Waals surface area contributed by atoms with Gasteiger partial charge in [0.25, 0.3) is 5.91 Å². The van der Waals surface area contributed by atoms with Crippen LogP contribution in [0.5, 0.6) is 0 Å². The van der Waals surface area contributed by atoms with Crippen LogP contribution in [0.1, 0.15) is 10.4 Å². The highest BCUT2D eigenvalue weighted by Crippen LogP contribution is 2.26. The van der Waals surface area contributed by atoms with Crippen LogP contribution in [-0.2, 0) is 0 Å². The molecule has 3 rings (SSSR count). The zero-order valence-corrected chi connectivity index (χ0v) is 11.2. The molecule has 0 saturated carbocycles. The van der Waals surface area contributed by atoms with Crippen molar-refractivity contribution in [3.05, 3.63) is 59.2 Å². The molecule has 0 aliphatic rings. The Morgan fingerprint density at radius 1 is 1.20 bits per heavy atom. The minimum atomic E-state index is -0.544. The fourth-order valence-electron chi connectivity index (χ4n) is 1.96. The molecule has 1 aromatic heterocycles. The van der Waals surface area contributed by atoms with Gasteiger partial charge in [0.05, 0.1) is 11.3 Å². The number of fused-ring (bicyclic) bond motifs is 1. The summed E-state index contributed by atoms with van der Waals surface area (Å²) in [7, 11) is 0. The zero-order valence-electron chi connectivity index (χ0n) is 10.4. The number of nitrogens with one attached hydrogen (secondary N) is 1. The summed E-state index contributed by atoms with van der Waals surface area (Å²) in [5.74, 6) is -0.801. The molecule has 3 nitrogen and oxygen atoms in total. The van der Waals surface area contributed by atoms with E-state index in [-0.39, 0.29) is 11.6 Å². The molecule has 5 heteroatoms. The molecular formula is C15H11FN2OS. The van der Waals surface area contributed by atoms with E-state index in [9.17, 15) is 9.18 Å². The lowest BCUT2D eigenvalue weighted by molar-refractivity contribution is 0.102. The van der Waals surface area contributed by atoms with Crippen molar-refractivity contribution in [2.24, 2.45) is 0 Å². The lowest BCUT2D eigenvalue weighted by Crippen LogP contribution is -2.11. The topological polar surface area (TPSA) is 55.1 Å². The number of hydrogen-bond acceptors (Lipinski definition) is 3. The van der Waals surface area contributed by atoms with E-state index in [0.29, 0.717) is 11.3 Å². The SMILES string of the molecule is Nc1ccc(NC(=O)c2csc3ccccc23)cc1F. The average molecular weight is 286 g/mol. The first kappa shape index (κ1) is 12.6. The average Bonchev–Trinajstić information content (AvgIpc) is 2.87. The van der Waals surface area contributed by atoms with E-state index in [1.807, 2.05) is 24.3 Å². The van der Waals surface area contributed by atoms with Crippen molar-refractivity contribution >= 4 is 38.7 Å². The van der Waals surface area contributed by atoms with Crippen LogP contribution in [0, 0.1) is 5.82 Å². The van der Waals surface area contributed by atoms with Gasteiger partial charge < -0.3 is 11.1 Å². The van der Waals surface area contributed by atoms with Gasteiger partial charge in [-0.15, -0.1) is 11.3 Å². The molecule has 0 fully saturated rings. The highest BCUT2D eigenvalue weighted by molar-refractivity contribution is 7.17. The van der Waals surface area contributed by atoms with Crippen LogP contribution >= 0.6 is 11.3 Å². The second kappa shape index (κ2) is 4.94. The van der Waals surface area contributed by atoms with E-state index in [1.54, 1.807) is 11.4 Å². The first-order valence-corrected chi connectivity index (χ1v) is 6.86. The summed E-state index contributed by atoms with van der Waals surface area (Å²) >= 11 is 1.50. The van der Waals surface area contributed by atoms with Crippen LogP contribution in [0.2, 0.25) is 0 Å². The van der Waals surface area contributed by atoms with Crippen LogP contribution in [0.3, 0.4) is 0 Å². The van der Waals surface area contributed by atoms with Gasteiger partial charge in [-0.3, -0.25) is 4.79 Å². The summed E-state index contributed by atoms with van der Waals surface area (Å²) in [5.41, 5.74) is 6.43. The third-order valence-corrected chi connectivity index (χ3v) is 3.95. The normalized spacial score (nSPS) is 10.7. The summed E-state index contributed by atoms with van der Waals surface area (Å²) in [6.45, 7) is 0. The van der Waals surface area contributed by atoms with Crippen LogP contribution in [0.15, 0.2) is 47.8 Å². The van der Waals surface area contributed by atoms with Crippen LogP contribution in [-0.4, -0.2) is 5.91 Å². The summed E-state index contributed by atoms with van der Waals surface area (Å²) in [5, 5.41) is 5.37. The number of carbonyl (C=O) groups is 1. The maximum absolute atomic E-state index is 13.4. The van der Waals surface area contributed by atoms with E-state index < -0.39 is 5.82 Å². The number of halogens is 1. The summed E-state index contributed by atoms with van der Waals surface area (Å²) < 4.78 is 14.4. The van der Waals surface area contributed by atoms with Crippen molar-refractivity contribution in [1.29, 1.82) is 0 Å². The van der Waals surface area contributed by atoms with Crippen molar-refractivity contribution in [2.75, 3.05) is 11.1 Å². The van der Waals surface area contributed by atoms with E-state index in [4.69, 9.17) is 5.73 Å². The van der Waals surface area contributed by atoms with Crippen LogP contribution < -0.4 is 11.1 Å². The molecular weight excluding hydrogens is 275 g/mol. The molecule has 100 valence electrons. The predicted octanol–water partition coefficient (Wildman–Crippen LogP) is 3.87. The molecule has 3 aromatic rings. The number of carbonyl (C=O) groups excluding carboxylic acids is 1. The number of amides is 1. The number of nitrogens with two attached hydrogens (primary N) is 1. The van der Waals surface area contributed by atoms with Gasteiger partial charge in [0.1, 0.15) is 5.82 Å². The number of hydrogen-bond donors (Lipinski definition) is 2. The highest BCUT2D eigenvalue weighted by Gasteiger charge is 2.12. The lowest BCUT2D eigenvalue weighted by Gasteiger charge is -2.05. The Balaban J connectivity index is 1.91. The lowest BCUT2D eigenvalue weighted by atomic mass is 10.1. The Hall–Kier alpha value is -2.40. The molecule has 0 spiro atoms. The molecule has 0 bridgehead atoms. The molecule has 20 heavy (non-hydrogen) atoms. The maximum Gasteiger partial charge on any atom is 0.257 e. The Morgan fingerprint density at radius 3 is 2.80 bits per heavy atom. The van der Waals surface area contributed by atoms with Gasteiger partial charge in [0.15, 0.2) is 0 Å². The molecule has 1 heterocycles. The second-order valence-electron chi connectivity index (χ2n) is 4.34. The largest absolute Gasteiger partial charge is 0.396 e. The second-order valence-corrected chi connectivity index (χ2v) is 5.25. The van der Waals surface area contributed by atoms with E-state index in [1.165, 1.54) is 23.5 Å². The Labute approximate surface area is 118 Å². The van der Waals surface area contributed by atoms with Gasteiger partial charge in [0, 0.05) is 21.2 Å². The van der Waals surface area contributed by atoms with Crippen molar-refractivity contribution in [3.8, 4) is 0 Å². The Morgan fingerprint density at radius 2 is 2.00 bits per heavy atom. The fraction of sp³-hybridized carbons (Fsp3) is 0. The third-order valence-electron chi connectivity index (χ3n) is 2.98. The van der Waals surface area contributed by atoms with Gasteiger partial charge in [-0.2, -0.15) is 0 Å². The van der Waals surface area contributed by atoms with Gasteiger partial charge in [0.2, 0.25) is 0 Å². The summed E-state index contributed by atoms with van der Waals surface area (Å²) in [6.07, 6.45) is 0. The molecule has 0 radical (unpaired) electrons. The van der Waals surface area contributed by atoms with E-state index in [0.717, 1.165) is 10.1 Å². The van der Waals surface area contributed by atoms with E-state index in [2.05, 4.69) is 5.32 Å². The summed E-state index contributed by atoms with van der Waals surface area (Å²) in [4.78, 5) is 12.2. The number of thiophene rings is 1. The molecule has 1 amide bonds. The van der Waals surface area contributed by atoms with Crippen molar-refractivity contribution in [1.82, 2.24) is 0 Å². The minimum Gasteiger partial charge on any atom is -0.396 e. The summed E-state index contributed by atoms with van der Waals surface area (Å²) in [6, 6.07) is 11.9. The maximum atomic E-state index is 13.4. The predicted molar refractivity (Wildman–Crippen MR) is 80.6 cm³/mol. The monoisotopic (exact) mass is 286 g/mol. The first-order valence-electron chi connectivity index (χ1n) is 5.98. The van der Waals surface area contributed by atoms with Crippen molar-refractivity contribution < 1.29 is 9.18 Å². The van der Waals surface area contributed by atoms with Gasteiger partial charge in [-0.05, 0) is 24.3 Å². The highest BCUT2D eigenvalue weighted by atomic mass is 32.1. The van der Waals surface area contributed by atoms with Gasteiger partial charge in [-0.25, -0.2) is 4.39 Å². The smallest absolute Gasteiger partial charge is 0.257 e. The van der Waals surface area contributed by atoms with Crippen LogP contribution in [0.25, 0.3) is 10.1 Å². The molecule has 0 aliphatic heterocycles.